The molecule has 1 fully saturated rings. The molecule has 0 spiro atoms. The van der Waals surface area contributed by atoms with E-state index in [-0.39, 0.29) is 22.2 Å². The first-order chi connectivity index (χ1) is 19.5. The summed E-state index contributed by atoms with van der Waals surface area (Å²) in [6.45, 7) is -0.472. The Bertz CT molecular complexity index is 1600. The van der Waals surface area contributed by atoms with Crippen LogP contribution in [0.2, 0.25) is 0 Å². The summed E-state index contributed by atoms with van der Waals surface area (Å²) in [5.74, 6) is -2.03. The van der Waals surface area contributed by atoms with Crippen molar-refractivity contribution < 1.29 is 38.7 Å². The zero-order chi connectivity index (χ0) is 29.3. The average molecular weight is 657 g/mol. The van der Waals surface area contributed by atoms with Gasteiger partial charge in [0.1, 0.15) is 29.4 Å². The van der Waals surface area contributed by atoms with E-state index >= 15 is 0 Å². The van der Waals surface area contributed by atoms with Crippen LogP contribution in [0.3, 0.4) is 0 Å². The Balaban J connectivity index is 1.28. The van der Waals surface area contributed by atoms with Crippen molar-refractivity contribution in [3.05, 3.63) is 46.6 Å². The number of anilines is 1. The Kier molecular flexibility index (Phi) is 8.70. The van der Waals surface area contributed by atoms with Crippen LogP contribution in [0.1, 0.15) is 5.69 Å². The Morgan fingerprint density at radius 1 is 1.29 bits per heavy atom. The molecule has 216 valence electrons. The summed E-state index contributed by atoms with van der Waals surface area (Å²) >= 11 is 5.25. The van der Waals surface area contributed by atoms with Crippen LogP contribution in [0, 0.1) is 0 Å². The van der Waals surface area contributed by atoms with Crippen LogP contribution >= 0.6 is 53.8 Å². The van der Waals surface area contributed by atoms with Crippen LogP contribution in [0.4, 0.5) is 5.13 Å². The summed E-state index contributed by atoms with van der Waals surface area (Å²) < 4.78 is 12.9. The number of aromatic nitrogens is 2. The first-order valence-corrected chi connectivity index (χ1v) is 17.2. The largest absolute Gasteiger partial charge is 0.477 e. The topological polar surface area (TPSA) is 218 Å². The van der Waals surface area contributed by atoms with Crippen molar-refractivity contribution in [1.82, 2.24) is 20.2 Å². The third kappa shape index (κ3) is 6.58. The number of carboxylic acid groups (broad SMARTS) is 1. The fourth-order valence-electron chi connectivity index (χ4n) is 3.94. The van der Waals surface area contributed by atoms with Crippen LogP contribution < -0.4 is 11.1 Å². The Hall–Kier alpha value is -2.99. The van der Waals surface area contributed by atoms with Gasteiger partial charge in [0.25, 0.3) is 11.8 Å². The molecule has 5 rings (SSSR count). The van der Waals surface area contributed by atoms with Crippen molar-refractivity contribution in [2.24, 2.45) is 5.16 Å². The number of thiazole rings is 2. The SMILES string of the molecule is Nc1nc(C(=NOCCP(=O)(O)O)C(=O)NC2C(=O)N3C(C(=O)O)=C(CSc4nc5ccccc5s4)CS[C@@H]23)cs1. The number of carbonyl (C=O) groups excluding carboxylic acids is 2. The number of rotatable bonds is 11. The molecule has 19 heteroatoms. The van der Waals surface area contributed by atoms with E-state index in [0.29, 0.717) is 17.1 Å². The summed E-state index contributed by atoms with van der Waals surface area (Å²) in [4.78, 5) is 71.1. The molecule has 2 aromatic heterocycles. The van der Waals surface area contributed by atoms with Crippen LogP contribution in [0.5, 0.6) is 0 Å². The Morgan fingerprint density at radius 2 is 2.07 bits per heavy atom. The molecule has 0 bridgehead atoms. The maximum Gasteiger partial charge on any atom is 0.352 e. The fraction of sp³-hybridized carbons (Fsp3) is 0.273. The van der Waals surface area contributed by atoms with Gasteiger partial charge in [-0.3, -0.25) is 19.1 Å². The molecule has 2 aliphatic heterocycles. The minimum absolute atomic E-state index is 0.0429. The zero-order valence-electron chi connectivity index (χ0n) is 20.7. The molecule has 41 heavy (non-hydrogen) atoms. The van der Waals surface area contributed by atoms with E-state index in [9.17, 15) is 24.1 Å². The fourth-order valence-corrected chi connectivity index (χ4v) is 8.36. The maximum absolute atomic E-state index is 13.1. The van der Waals surface area contributed by atoms with Gasteiger partial charge in [0.15, 0.2) is 15.2 Å². The monoisotopic (exact) mass is 656 g/mol. The third-order valence-corrected chi connectivity index (χ3v) is 10.8. The summed E-state index contributed by atoms with van der Waals surface area (Å²) in [6, 6.07) is 6.63. The number of hydrogen-bond donors (Lipinski definition) is 5. The van der Waals surface area contributed by atoms with Gasteiger partial charge in [-0.2, -0.15) is 0 Å². The van der Waals surface area contributed by atoms with Crippen LogP contribution in [0.15, 0.2) is 50.4 Å². The van der Waals surface area contributed by atoms with Crippen molar-refractivity contribution in [1.29, 1.82) is 0 Å². The number of aliphatic carboxylic acids is 1. The highest BCUT2D eigenvalue weighted by molar-refractivity contribution is 8.02. The van der Waals surface area contributed by atoms with Gasteiger partial charge >= 0.3 is 13.6 Å². The number of oxime groups is 1. The first-order valence-electron chi connectivity index (χ1n) is 11.7. The maximum atomic E-state index is 13.1. The standard InChI is InChI=1S/C22H21N6O8PS4/c23-21-24-12(9-39-21)14(27-36-5-6-37(33,34)35)17(29)26-15-18(30)28-16(20(31)32)10(7-38-19(15)28)8-40-22-25-11-3-1-2-4-13(11)41-22/h1-4,9,15,19H,5-8H2,(H2,23,24)(H,26,29)(H,31,32)(H2,33,34,35)/t15?,19-/m0/s1. The van der Waals surface area contributed by atoms with Crippen molar-refractivity contribution >= 4 is 92.6 Å². The van der Waals surface area contributed by atoms with Gasteiger partial charge in [-0.1, -0.05) is 29.1 Å². The number of nitrogens with one attached hydrogen (secondary N) is 1. The van der Waals surface area contributed by atoms with E-state index in [1.807, 2.05) is 24.3 Å². The van der Waals surface area contributed by atoms with Gasteiger partial charge in [-0.15, -0.1) is 34.4 Å². The van der Waals surface area contributed by atoms with Gasteiger partial charge in [0.2, 0.25) is 0 Å². The molecule has 1 saturated heterocycles. The molecule has 4 heterocycles. The molecule has 2 aliphatic rings. The number of carbonyl (C=O) groups is 3. The highest BCUT2D eigenvalue weighted by Gasteiger charge is 2.54. The number of fused-ring (bicyclic) bond motifs is 2. The van der Waals surface area contributed by atoms with Crippen LogP contribution in [0.25, 0.3) is 10.2 Å². The number of amides is 2. The number of hydrogen-bond acceptors (Lipinski definition) is 13. The van der Waals surface area contributed by atoms with E-state index in [2.05, 4.69) is 20.4 Å². The van der Waals surface area contributed by atoms with E-state index in [0.717, 1.165) is 25.9 Å². The van der Waals surface area contributed by atoms with Gasteiger partial charge in [0, 0.05) is 16.9 Å². The van der Waals surface area contributed by atoms with E-state index in [1.165, 1.54) is 45.1 Å². The van der Waals surface area contributed by atoms with Crippen LogP contribution in [-0.2, 0) is 23.8 Å². The smallest absolute Gasteiger partial charge is 0.352 e. The van der Waals surface area contributed by atoms with E-state index in [4.69, 9.17) is 20.4 Å². The van der Waals surface area contributed by atoms with Crippen LogP contribution in [-0.4, -0.2) is 88.9 Å². The highest BCUT2D eigenvalue weighted by atomic mass is 32.2. The summed E-state index contributed by atoms with van der Waals surface area (Å²) in [7, 11) is -4.35. The lowest BCUT2D eigenvalue weighted by molar-refractivity contribution is -0.150. The number of carboxylic acids is 1. The molecule has 1 unspecified atom stereocenters. The number of β-lactam (4-membered cyclic amide) rings is 1. The zero-order valence-corrected chi connectivity index (χ0v) is 24.9. The van der Waals surface area contributed by atoms with Gasteiger partial charge in [0.05, 0.1) is 16.4 Å². The normalized spacial score (nSPS) is 19.2. The molecular formula is C22H21N6O8PS4. The molecule has 2 atom stereocenters. The number of nitrogens with two attached hydrogens (primary N) is 1. The lowest BCUT2D eigenvalue weighted by Crippen LogP contribution is -2.71. The molecule has 6 N–H and O–H groups in total. The predicted octanol–water partition coefficient (Wildman–Crippen LogP) is 1.76. The summed E-state index contributed by atoms with van der Waals surface area (Å²) in [5, 5.41) is 17.1. The summed E-state index contributed by atoms with van der Waals surface area (Å²) in [6.07, 6.45) is -0.622. The van der Waals surface area contributed by atoms with Gasteiger partial charge in [-0.05, 0) is 17.7 Å². The van der Waals surface area contributed by atoms with Crippen molar-refractivity contribution in [3.8, 4) is 0 Å². The van der Waals surface area contributed by atoms with Crippen molar-refractivity contribution in [2.75, 3.05) is 30.0 Å². The molecule has 2 amide bonds. The molecule has 1 aromatic carbocycles. The number of para-hydroxylation sites is 1. The average Bonchev–Trinajstić information content (AvgIpc) is 3.54. The predicted molar refractivity (Wildman–Crippen MR) is 156 cm³/mol. The lowest BCUT2D eigenvalue weighted by Gasteiger charge is -2.49. The second-order valence-corrected chi connectivity index (χ2v) is 14.6. The second-order valence-electron chi connectivity index (χ2n) is 8.59. The molecule has 14 nitrogen and oxygen atoms in total. The first kappa shape index (κ1) is 29.5. The molecule has 0 saturated carbocycles. The summed E-state index contributed by atoms with van der Waals surface area (Å²) in [5.41, 5.74) is 6.67. The quantitative estimate of drug-likeness (QED) is 0.0497. The Morgan fingerprint density at radius 3 is 2.76 bits per heavy atom. The molecular weight excluding hydrogens is 636 g/mol. The molecule has 0 radical (unpaired) electrons. The van der Waals surface area contributed by atoms with Gasteiger partial charge in [-0.25, -0.2) is 14.8 Å². The van der Waals surface area contributed by atoms with E-state index < -0.39 is 49.6 Å². The number of thioether (sulfide) groups is 2. The lowest BCUT2D eigenvalue weighted by atomic mass is 10.0. The molecule has 0 aliphatic carbocycles. The van der Waals surface area contributed by atoms with Gasteiger partial charge < -0.3 is 30.8 Å². The Labute approximate surface area is 248 Å². The number of nitrogens with zero attached hydrogens (tertiary/aromatic N) is 4. The minimum Gasteiger partial charge on any atom is -0.477 e. The van der Waals surface area contributed by atoms with E-state index in [1.54, 1.807) is 0 Å². The van der Waals surface area contributed by atoms with Crippen molar-refractivity contribution in [3.63, 3.8) is 0 Å². The molecule has 3 aromatic rings. The second kappa shape index (κ2) is 12.1. The third-order valence-electron chi connectivity index (χ3n) is 5.79. The highest BCUT2D eigenvalue weighted by Crippen LogP contribution is 2.42. The number of benzene rings is 1. The minimum atomic E-state index is -4.35. The number of nitrogen functional groups attached to an aromatic ring is 1. The van der Waals surface area contributed by atoms with Crippen molar-refractivity contribution in [2.45, 2.75) is 15.8 Å².